The lowest BCUT2D eigenvalue weighted by Crippen LogP contribution is -2.35. The Morgan fingerprint density at radius 2 is 2.38 bits per heavy atom. The van der Waals surface area contributed by atoms with E-state index in [1.165, 1.54) is 28.5 Å². The van der Waals surface area contributed by atoms with E-state index in [4.69, 9.17) is 4.74 Å². The van der Waals surface area contributed by atoms with Gasteiger partial charge in [-0.05, 0) is 18.8 Å². The number of hydrogen-bond acceptors (Lipinski definition) is 7. The van der Waals surface area contributed by atoms with Crippen LogP contribution in [0.15, 0.2) is 11.0 Å². The molecule has 0 bridgehead atoms. The van der Waals surface area contributed by atoms with Gasteiger partial charge in [-0.15, -0.1) is 5.10 Å². The quantitative estimate of drug-likeness (QED) is 0.800. The molecule has 3 heterocycles. The number of hydrogen-bond donors (Lipinski definition) is 1. The Hall–Kier alpha value is -2.00. The second-order valence-electron chi connectivity index (χ2n) is 6.00. The normalized spacial score (nSPS) is 18.1. The summed E-state index contributed by atoms with van der Waals surface area (Å²) in [5, 5.41) is 7.80. The van der Waals surface area contributed by atoms with Crippen LogP contribution >= 0.6 is 11.3 Å². The fourth-order valence-electron chi connectivity index (χ4n) is 2.78. The topological polar surface area (TPSA) is 88.8 Å². The molecular weight excluding hydrogens is 330 g/mol. The fourth-order valence-corrected chi connectivity index (χ4v) is 3.68. The molecule has 0 aromatic carbocycles. The maximum atomic E-state index is 12.5. The summed E-state index contributed by atoms with van der Waals surface area (Å²) < 4.78 is 6.10. The number of methoxy groups -OCH3 is 1. The van der Waals surface area contributed by atoms with E-state index in [1.807, 2.05) is 0 Å². The fraction of sp³-hybridized carbons (Fsp3) is 0.600. The van der Waals surface area contributed by atoms with E-state index >= 15 is 0 Å². The maximum Gasteiger partial charge on any atom is 0.288 e. The van der Waals surface area contributed by atoms with Gasteiger partial charge in [-0.1, -0.05) is 18.3 Å². The third kappa shape index (κ3) is 3.41. The van der Waals surface area contributed by atoms with Crippen LogP contribution < -0.4 is 15.8 Å². The summed E-state index contributed by atoms with van der Waals surface area (Å²) >= 11 is 1.38. The molecule has 24 heavy (non-hydrogen) atoms. The molecule has 2 aromatic heterocycles. The zero-order chi connectivity index (χ0) is 17.1. The van der Waals surface area contributed by atoms with E-state index in [0.717, 1.165) is 24.6 Å². The number of nitrogens with one attached hydrogen (secondary N) is 1. The highest BCUT2D eigenvalue weighted by Crippen LogP contribution is 2.26. The molecule has 0 saturated carbocycles. The van der Waals surface area contributed by atoms with Crippen molar-refractivity contribution in [3.8, 4) is 0 Å². The van der Waals surface area contributed by atoms with Gasteiger partial charge in [-0.3, -0.25) is 9.59 Å². The Balaban J connectivity index is 1.86. The van der Waals surface area contributed by atoms with Crippen LogP contribution in [0.3, 0.4) is 0 Å². The van der Waals surface area contributed by atoms with Crippen molar-refractivity contribution in [1.82, 2.24) is 19.9 Å². The number of carbonyl (C=O) groups is 1. The number of fused-ring (bicyclic) bond motifs is 1. The van der Waals surface area contributed by atoms with Crippen LogP contribution in [0.5, 0.6) is 0 Å². The number of rotatable bonds is 5. The molecule has 130 valence electrons. The second-order valence-corrected chi connectivity index (χ2v) is 6.93. The molecule has 1 aliphatic rings. The molecule has 1 N–H and O–H groups in total. The van der Waals surface area contributed by atoms with E-state index in [0.29, 0.717) is 24.0 Å². The SMILES string of the molecule is COCCNC(=O)c1cnc2sc(N3CCC[C@@H](C)C3)nn2c1=O. The number of nitrogens with zero attached hydrogens (tertiary/aromatic N) is 4. The van der Waals surface area contributed by atoms with Crippen molar-refractivity contribution in [1.29, 1.82) is 0 Å². The molecule has 1 amide bonds. The predicted octanol–water partition coefficient (Wildman–Crippen LogP) is 0.763. The lowest BCUT2D eigenvalue weighted by Gasteiger charge is -2.30. The first-order valence-electron chi connectivity index (χ1n) is 8.01. The third-order valence-corrected chi connectivity index (χ3v) is 5.02. The minimum atomic E-state index is -0.458. The standard InChI is InChI=1S/C15H21N5O3S/c1-10-4-3-6-19(9-10)15-18-20-13(22)11(8-17-14(20)24-15)12(21)16-5-7-23-2/h8,10H,3-7,9H2,1-2H3,(H,16,21)/t10-/m1/s1. The van der Waals surface area contributed by atoms with E-state index in [2.05, 4.69) is 27.2 Å². The summed E-state index contributed by atoms with van der Waals surface area (Å²) in [6.45, 7) is 4.80. The zero-order valence-electron chi connectivity index (χ0n) is 13.8. The average Bonchev–Trinajstić information content (AvgIpc) is 3.00. The number of carbonyl (C=O) groups excluding carboxylic acids is 1. The van der Waals surface area contributed by atoms with Crippen molar-refractivity contribution in [2.45, 2.75) is 19.8 Å². The Morgan fingerprint density at radius 3 is 3.12 bits per heavy atom. The minimum absolute atomic E-state index is 0.00698. The molecule has 1 fully saturated rings. The van der Waals surface area contributed by atoms with E-state index in [-0.39, 0.29) is 5.56 Å². The van der Waals surface area contributed by atoms with Crippen molar-refractivity contribution in [3.05, 3.63) is 22.1 Å². The van der Waals surface area contributed by atoms with Gasteiger partial charge in [0.15, 0.2) is 0 Å². The Morgan fingerprint density at radius 1 is 1.54 bits per heavy atom. The van der Waals surface area contributed by atoms with Gasteiger partial charge >= 0.3 is 0 Å². The summed E-state index contributed by atoms with van der Waals surface area (Å²) in [6.07, 6.45) is 3.65. The molecule has 1 atom stereocenters. The van der Waals surface area contributed by atoms with Gasteiger partial charge in [0.25, 0.3) is 11.5 Å². The first-order valence-corrected chi connectivity index (χ1v) is 8.82. The lowest BCUT2D eigenvalue weighted by molar-refractivity contribution is 0.0935. The van der Waals surface area contributed by atoms with Crippen molar-refractivity contribution >= 4 is 27.3 Å². The molecule has 8 nitrogen and oxygen atoms in total. The van der Waals surface area contributed by atoms with E-state index in [1.54, 1.807) is 7.11 Å². The first kappa shape index (κ1) is 16.8. The number of ether oxygens (including phenoxy) is 1. The molecule has 0 aliphatic carbocycles. The highest BCUT2D eigenvalue weighted by molar-refractivity contribution is 7.20. The van der Waals surface area contributed by atoms with Gasteiger partial charge in [-0.2, -0.15) is 4.52 Å². The van der Waals surface area contributed by atoms with Crippen molar-refractivity contribution in [2.75, 3.05) is 38.3 Å². The second kappa shape index (κ2) is 7.27. The molecule has 1 saturated heterocycles. The molecule has 3 rings (SSSR count). The van der Waals surface area contributed by atoms with Gasteiger partial charge in [0.05, 0.1) is 6.61 Å². The average molecular weight is 351 g/mol. The van der Waals surface area contributed by atoms with Gasteiger partial charge in [0.2, 0.25) is 10.1 Å². The van der Waals surface area contributed by atoms with Gasteiger partial charge in [-0.25, -0.2) is 4.98 Å². The smallest absolute Gasteiger partial charge is 0.288 e. The molecule has 1 aliphatic heterocycles. The molecule has 2 aromatic rings. The molecule has 0 radical (unpaired) electrons. The monoisotopic (exact) mass is 351 g/mol. The maximum absolute atomic E-state index is 12.5. The highest BCUT2D eigenvalue weighted by atomic mass is 32.1. The van der Waals surface area contributed by atoms with E-state index < -0.39 is 11.5 Å². The van der Waals surface area contributed by atoms with Crippen LogP contribution in [0.25, 0.3) is 4.96 Å². The van der Waals surface area contributed by atoms with Crippen LogP contribution in [0.2, 0.25) is 0 Å². The van der Waals surface area contributed by atoms with Gasteiger partial charge in [0, 0.05) is 32.9 Å². The van der Waals surface area contributed by atoms with Gasteiger partial charge in [0.1, 0.15) is 5.56 Å². The molecule has 9 heteroatoms. The Kier molecular flexibility index (Phi) is 5.10. The van der Waals surface area contributed by atoms with Crippen LogP contribution in [0.4, 0.5) is 5.13 Å². The Labute approximate surface area is 143 Å². The molecule has 0 unspecified atom stereocenters. The summed E-state index contributed by atoms with van der Waals surface area (Å²) in [7, 11) is 1.55. The number of piperidine rings is 1. The summed E-state index contributed by atoms with van der Waals surface area (Å²) in [5.41, 5.74) is -0.449. The highest BCUT2D eigenvalue weighted by Gasteiger charge is 2.22. The third-order valence-electron chi connectivity index (χ3n) is 4.04. The number of aromatic nitrogens is 3. The van der Waals surface area contributed by atoms with Crippen LogP contribution in [-0.2, 0) is 4.74 Å². The zero-order valence-corrected chi connectivity index (χ0v) is 14.6. The summed E-state index contributed by atoms with van der Waals surface area (Å²) in [6, 6.07) is 0. The molecule has 0 spiro atoms. The number of anilines is 1. The largest absolute Gasteiger partial charge is 0.383 e. The first-order chi connectivity index (χ1) is 11.6. The number of amides is 1. The minimum Gasteiger partial charge on any atom is -0.383 e. The lowest BCUT2D eigenvalue weighted by atomic mass is 10.0. The molecular formula is C15H21N5O3S. The van der Waals surface area contributed by atoms with Crippen LogP contribution in [0.1, 0.15) is 30.1 Å². The predicted molar refractivity (Wildman–Crippen MR) is 92.0 cm³/mol. The van der Waals surface area contributed by atoms with Crippen molar-refractivity contribution < 1.29 is 9.53 Å². The Bertz CT molecular complexity index is 787. The van der Waals surface area contributed by atoms with Crippen LogP contribution in [0, 0.1) is 5.92 Å². The van der Waals surface area contributed by atoms with Crippen LogP contribution in [-0.4, -0.2) is 53.9 Å². The van der Waals surface area contributed by atoms with Gasteiger partial charge < -0.3 is 15.0 Å². The van der Waals surface area contributed by atoms with E-state index in [9.17, 15) is 9.59 Å². The van der Waals surface area contributed by atoms with Crippen molar-refractivity contribution in [3.63, 3.8) is 0 Å². The van der Waals surface area contributed by atoms with Crippen molar-refractivity contribution in [2.24, 2.45) is 5.92 Å². The summed E-state index contributed by atoms with van der Waals surface area (Å²) in [5.74, 6) is 0.151. The summed E-state index contributed by atoms with van der Waals surface area (Å²) in [4.78, 5) is 31.5.